The topological polar surface area (TPSA) is 70.8 Å². The summed E-state index contributed by atoms with van der Waals surface area (Å²) < 4.78 is 5.23. The molecule has 0 unspecified atom stereocenters. The average molecular weight is 291 g/mol. The number of aromatic nitrogens is 3. The Bertz CT molecular complexity index is 1010. The minimum atomic E-state index is -0.170. The van der Waals surface area contributed by atoms with Gasteiger partial charge in [-0.05, 0) is 36.4 Å². The van der Waals surface area contributed by atoms with Crippen molar-refractivity contribution in [3.05, 3.63) is 58.9 Å². The molecule has 4 rings (SSSR count). The molecule has 0 aliphatic heterocycles. The number of methoxy groups -OCH3 is 1. The van der Waals surface area contributed by atoms with Gasteiger partial charge in [0.15, 0.2) is 0 Å². The molecule has 0 aliphatic carbocycles. The molecular formula is C17H13N3O2. The molecule has 2 heterocycles. The molecule has 0 spiro atoms. The fourth-order valence-electron chi connectivity index (χ4n) is 2.57. The Labute approximate surface area is 125 Å². The van der Waals surface area contributed by atoms with Gasteiger partial charge in [0.2, 0.25) is 0 Å². The number of imidazole rings is 1. The number of rotatable bonds is 2. The molecular weight excluding hydrogens is 278 g/mol. The second-order valence-electron chi connectivity index (χ2n) is 5.07. The van der Waals surface area contributed by atoms with Gasteiger partial charge < -0.3 is 14.7 Å². The van der Waals surface area contributed by atoms with Crippen molar-refractivity contribution in [2.24, 2.45) is 0 Å². The van der Waals surface area contributed by atoms with E-state index in [4.69, 9.17) is 4.74 Å². The molecule has 5 nitrogen and oxygen atoms in total. The van der Waals surface area contributed by atoms with Crippen molar-refractivity contribution in [1.29, 1.82) is 0 Å². The predicted molar refractivity (Wildman–Crippen MR) is 86.2 cm³/mol. The van der Waals surface area contributed by atoms with Crippen LogP contribution in [-0.2, 0) is 0 Å². The fourth-order valence-corrected chi connectivity index (χ4v) is 2.57. The zero-order valence-corrected chi connectivity index (χ0v) is 11.9. The van der Waals surface area contributed by atoms with E-state index in [9.17, 15) is 4.79 Å². The molecule has 2 aromatic heterocycles. The van der Waals surface area contributed by atoms with Crippen LogP contribution < -0.4 is 10.3 Å². The number of hydrogen-bond acceptors (Lipinski definition) is 3. The quantitative estimate of drug-likeness (QED) is 0.596. The van der Waals surface area contributed by atoms with Crippen LogP contribution in [-0.4, -0.2) is 22.1 Å². The first-order chi connectivity index (χ1) is 10.7. The summed E-state index contributed by atoms with van der Waals surface area (Å²) in [7, 11) is 1.62. The minimum absolute atomic E-state index is 0.170. The fraction of sp³-hybridized carbons (Fsp3) is 0.0588. The molecule has 0 radical (unpaired) electrons. The summed E-state index contributed by atoms with van der Waals surface area (Å²) in [5.41, 5.74) is 2.85. The second-order valence-corrected chi connectivity index (χ2v) is 5.07. The van der Waals surface area contributed by atoms with Gasteiger partial charge in [0, 0.05) is 10.9 Å². The maximum Gasteiger partial charge on any atom is 0.259 e. The van der Waals surface area contributed by atoms with Crippen molar-refractivity contribution in [2.45, 2.75) is 0 Å². The molecule has 0 fully saturated rings. The lowest BCUT2D eigenvalue weighted by molar-refractivity contribution is 0.415. The van der Waals surface area contributed by atoms with Gasteiger partial charge in [0.05, 0.1) is 23.7 Å². The standard InChI is InChI=1S/C17H13N3O2/c1-22-11-6-7-13-10(8-11)9-12(17(21)20-13)16-18-14-4-2-3-5-15(14)19-16/h2-9H,1H3,(H,18,19)(H,20,21). The van der Waals surface area contributed by atoms with Gasteiger partial charge in [-0.25, -0.2) is 4.98 Å². The maximum absolute atomic E-state index is 12.3. The largest absolute Gasteiger partial charge is 0.497 e. The number of benzene rings is 2. The van der Waals surface area contributed by atoms with E-state index in [1.54, 1.807) is 7.11 Å². The molecule has 0 saturated heterocycles. The molecule has 4 aromatic rings. The highest BCUT2D eigenvalue weighted by Crippen LogP contribution is 2.23. The van der Waals surface area contributed by atoms with Gasteiger partial charge >= 0.3 is 0 Å². The first-order valence-electron chi connectivity index (χ1n) is 6.91. The molecule has 2 N–H and O–H groups in total. The van der Waals surface area contributed by atoms with Crippen LogP contribution in [0.1, 0.15) is 0 Å². The Morgan fingerprint density at radius 3 is 2.68 bits per heavy atom. The number of nitrogens with one attached hydrogen (secondary N) is 2. The molecule has 0 aliphatic rings. The highest BCUT2D eigenvalue weighted by molar-refractivity contribution is 5.85. The molecule has 22 heavy (non-hydrogen) atoms. The summed E-state index contributed by atoms with van der Waals surface area (Å²) in [6.45, 7) is 0. The summed E-state index contributed by atoms with van der Waals surface area (Å²) in [4.78, 5) is 22.9. The number of ether oxygens (including phenoxy) is 1. The smallest absolute Gasteiger partial charge is 0.259 e. The number of nitrogens with zero attached hydrogens (tertiary/aromatic N) is 1. The van der Waals surface area contributed by atoms with Crippen molar-refractivity contribution in [3.63, 3.8) is 0 Å². The number of para-hydroxylation sites is 2. The highest BCUT2D eigenvalue weighted by Gasteiger charge is 2.10. The van der Waals surface area contributed by atoms with Gasteiger partial charge in [-0.1, -0.05) is 12.1 Å². The Hall–Kier alpha value is -3.08. The lowest BCUT2D eigenvalue weighted by Crippen LogP contribution is -2.09. The molecule has 108 valence electrons. The third kappa shape index (κ3) is 1.95. The van der Waals surface area contributed by atoms with Gasteiger partial charge in [-0.2, -0.15) is 0 Å². The van der Waals surface area contributed by atoms with Gasteiger partial charge in [0.25, 0.3) is 5.56 Å². The number of fused-ring (bicyclic) bond motifs is 2. The van der Waals surface area contributed by atoms with Crippen molar-refractivity contribution in [2.75, 3.05) is 7.11 Å². The van der Waals surface area contributed by atoms with Crippen LogP contribution in [0.2, 0.25) is 0 Å². The molecule has 0 amide bonds. The highest BCUT2D eigenvalue weighted by atomic mass is 16.5. The summed E-state index contributed by atoms with van der Waals surface area (Å²) in [6.07, 6.45) is 0. The summed E-state index contributed by atoms with van der Waals surface area (Å²) in [5, 5.41) is 0.898. The van der Waals surface area contributed by atoms with Crippen LogP contribution in [0.3, 0.4) is 0 Å². The lowest BCUT2D eigenvalue weighted by atomic mass is 10.1. The zero-order chi connectivity index (χ0) is 15.1. The molecule has 5 heteroatoms. The van der Waals surface area contributed by atoms with E-state index >= 15 is 0 Å². The number of hydrogen-bond donors (Lipinski definition) is 2. The zero-order valence-electron chi connectivity index (χ0n) is 11.9. The third-order valence-electron chi connectivity index (χ3n) is 3.70. The van der Waals surface area contributed by atoms with Crippen LogP contribution in [0.4, 0.5) is 0 Å². The average Bonchev–Trinajstić information content (AvgIpc) is 2.97. The number of H-pyrrole nitrogens is 2. The van der Waals surface area contributed by atoms with Crippen molar-refractivity contribution in [3.8, 4) is 17.1 Å². The van der Waals surface area contributed by atoms with Crippen LogP contribution in [0.15, 0.2) is 53.3 Å². The summed E-state index contributed by atoms with van der Waals surface area (Å²) in [6, 6.07) is 15.1. The summed E-state index contributed by atoms with van der Waals surface area (Å²) >= 11 is 0. The maximum atomic E-state index is 12.3. The Balaban J connectivity index is 1.96. The van der Waals surface area contributed by atoms with E-state index in [0.717, 1.165) is 27.7 Å². The SMILES string of the molecule is COc1ccc2[nH]c(=O)c(-c3nc4ccccc4[nH]3)cc2c1. The van der Waals surface area contributed by atoms with Crippen LogP contribution in [0.5, 0.6) is 5.75 Å². The summed E-state index contributed by atoms with van der Waals surface area (Å²) in [5.74, 6) is 1.31. The van der Waals surface area contributed by atoms with Gasteiger partial charge in [-0.15, -0.1) is 0 Å². The first kappa shape index (κ1) is 12.6. The minimum Gasteiger partial charge on any atom is -0.497 e. The van der Waals surface area contributed by atoms with E-state index < -0.39 is 0 Å². The van der Waals surface area contributed by atoms with Gasteiger partial charge in [0.1, 0.15) is 11.6 Å². The van der Waals surface area contributed by atoms with Crippen LogP contribution in [0.25, 0.3) is 33.3 Å². The van der Waals surface area contributed by atoms with E-state index in [-0.39, 0.29) is 5.56 Å². The Morgan fingerprint density at radius 2 is 1.86 bits per heavy atom. The molecule has 2 aromatic carbocycles. The third-order valence-corrected chi connectivity index (χ3v) is 3.70. The van der Waals surface area contributed by atoms with E-state index in [0.29, 0.717) is 11.4 Å². The monoisotopic (exact) mass is 291 g/mol. The lowest BCUT2D eigenvalue weighted by Gasteiger charge is -2.04. The van der Waals surface area contributed by atoms with E-state index in [1.807, 2.05) is 48.5 Å². The van der Waals surface area contributed by atoms with Crippen molar-refractivity contribution >= 4 is 21.9 Å². The Morgan fingerprint density at radius 1 is 1.00 bits per heavy atom. The number of aromatic amines is 2. The van der Waals surface area contributed by atoms with Crippen molar-refractivity contribution < 1.29 is 4.74 Å². The van der Waals surface area contributed by atoms with E-state index in [2.05, 4.69) is 15.0 Å². The molecule has 0 bridgehead atoms. The van der Waals surface area contributed by atoms with Crippen molar-refractivity contribution in [1.82, 2.24) is 15.0 Å². The van der Waals surface area contributed by atoms with Crippen LogP contribution in [0, 0.1) is 0 Å². The first-order valence-corrected chi connectivity index (χ1v) is 6.91. The predicted octanol–water partition coefficient (Wildman–Crippen LogP) is 3.08. The van der Waals surface area contributed by atoms with Gasteiger partial charge in [-0.3, -0.25) is 4.79 Å². The Kier molecular flexibility index (Phi) is 2.72. The second kappa shape index (κ2) is 4.73. The van der Waals surface area contributed by atoms with Crippen LogP contribution >= 0.6 is 0 Å². The molecule has 0 atom stereocenters. The molecule has 0 saturated carbocycles. The normalized spacial score (nSPS) is 11.1. The number of pyridine rings is 1. The van der Waals surface area contributed by atoms with E-state index in [1.165, 1.54) is 0 Å².